The van der Waals surface area contributed by atoms with Crippen LogP contribution in [0.4, 0.5) is 10.7 Å². The van der Waals surface area contributed by atoms with Gasteiger partial charge in [0, 0.05) is 75.5 Å². The van der Waals surface area contributed by atoms with Crippen molar-refractivity contribution in [2.75, 3.05) is 31.1 Å². The van der Waals surface area contributed by atoms with Gasteiger partial charge in [0.15, 0.2) is 11.9 Å². The van der Waals surface area contributed by atoms with E-state index in [1.807, 2.05) is 68.7 Å². The number of rotatable bonds is 8. The lowest BCUT2D eigenvalue weighted by Gasteiger charge is -2.29. The van der Waals surface area contributed by atoms with Crippen LogP contribution in [0.25, 0.3) is 33.2 Å². The van der Waals surface area contributed by atoms with Crippen LogP contribution in [-0.2, 0) is 30.8 Å². The maximum absolute atomic E-state index is 14.5. The van der Waals surface area contributed by atoms with E-state index in [0.29, 0.717) is 58.7 Å². The van der Waals surface area contributed by atoms with Gasteiger partial charge in [0.25, 0.3) is 5.56 Å². The van der Waals surface area contributed by atoms with E-state index in [2.05, 4.69) is 15.2 Å². The number of anilines is 1. The van der Waals surface area contributed by atoms with E-state index in [1.54, 1.807) is 21.0 Å². The van der Waals surface area contributed by atoms with Crippen LogP contribution in [0.5, 0.6) is 0 Å². The monoisotopic (exact) mass is 737 g/mol. The lowest BCUT2D eigenvalue weighted by atomic mass is 9.95. The van der Waals surface area contributed by atoms with Crippen molar-refractivity contribution in [3.63, 3.8) is 0 Å². The molecule has 4 atom stereocenters. The Kier molecular flexibility index (Phi) is 8.07. The predicted octanol–water partition coefficient (Wildman–Crippen LogP) is 5.91. The Morgan fingerprint density at radius 2 is 1.92 bits per heavy atom. The van der Waals surface area contributed by atoms with Crippen molar-refractivity contribution in [3.05, 3.63) is 87.1 Å². The third kappa shape index (κ3) is 5.49. The fourth-order valence-electron chi connectivity index (χ4n) is 8.86. The van der Waals surface area contributed by atoms with Gasteiger partial charge in [-0.3, -0.25) is 14.0 Å². The van der Waals surface area contributed by atoms with Gasteiger partial charge in [0.1, 0.15) is 16.8 Å². The second kappa shape index (κ2) is 12.7. The molecular formula is C38H40ClN9O5. The number of hydrogen-bond acceptors (Lipinski definition) is 9. The summed E-state index contributed by atoms with van der Waals surface area (Å²) in [7, 11) is 3.59. The molecule has 15 heteroatoms. The minimum absolute atomic E-state index is 0.0538. The molecule has 3 aliphatic rings. The number of carboxylic acid groups (broad SMARTS) is 1. The van der Waals surface area contributed by atoms with Crippen LogP contribution in [0.3, 0.4) is 0 Å². The Morgan fingerprint density at radius 1 is 1.09 bits per heavy atom. The number of carbonyl (C=O) groups is 1. The average molecular weight is 738 g/mol. The second-order valence-corrected chi connectivity index (χ2v) is 15.1. The normalized spacial score (nSPS) is 22.7. The van der Waals surface area contributed by atoms with Crippen LogP contribution < -0.4 is 10.5 Å². The topological polar surface area (TPSA) is 150 Å². The van der Waals surface area contributed by atoms with Crippen LogP contribution in [0.1, 0.15) is 48.9 Å². The number of benzene rings is 2. The number of amides is 1. The molecule has 6 heterocycles. The number of piperidine rings is 1. The van der Waals surface area contributed by atoms with Gasteiger partial charge in [0.2, 0.25) is 5.95 Å². The largest absolute Gasteiger partial charge is 0.465 e. The smallest absolute Gasteiger partial charge is 0.407 e. The van der Waals surface area contributed by atoms with Crippen molar-refractivity contribution < 1.29 is 19.2 Å². The van der Waals surface area contributed by atoms with E-state index < -0.39 is 11.5 Å². The molecule has 1 aliphatic carbocycles. The Bertz CT molecular complexity index is 2430. The number of fused-ring (bicyclic) bond motifs is 3. The van der Waals surface area contributed by atoms with Crippen LogP contribution in [0.15, 0.2) is 64.0 Å². The maximum Gasteiger partial charge on any atom is 0.407 e. The molecule has 3 fully saturated rings. The van der Waals surface area contributed by atoms with E-state index in [1.165, 1.54) is 4.90 Å². The minimum atomic E-state index is -0.986. The zero-order valence-corrected chi connectivity index (χ0v) is 30.5. The van der Waals surface area contributed by atoms with Gasteiger partial charge >= 0.3 is 6.09 Å². The van der Waals surface area contributed by atoms with Crippen LogP contribution in [0.2, 0.25) is 5.02 Å². The number of ether oxygens (including phenoxy) is 1. The SMILES string of the molecule is Cc1cc(C2(CN(Cc3ccccc3)C(=O)O)C3CCN(c4nc5c(c(-c6ccc7nn(C)cc7c6Cl)nn5C5CCCCO5)c(=O)n4C)CC32)no1. The van der Waals surface area contributed by atoms with Crippen molar-refractivity contribution in [2.45, 2.75) is 50.8 Å². The Hall–Kier alpha value is -5.21. The highest BCUT2D eigenvalue weighted by molar-refractivity contribution is 6.38. The molecular weight excluding hydrogens is 698 g/mol. The summed E-state index contributed by atoms with van der Waals surface area (Å²) in [6.45, 7) is 4.17. The van der Waals surface area contributed by atoms with Crippen LogP contribution in [0, 0.1) is 18.8 Å². The van der Waals surface area contributed by atoms with E-state index in [-0.39, 0.29) is 36.7 Å². The molecule has 2 aromatic carbocycles. The van der Waals surface area contributed by atoms with Crippen LogP contribution >= 0.6 is 11.6 Å². The number of aromatic nitrogens is 7. The second-order valence-electron chi connectivity index (χ2n) is 14.7. The molecule has 4 aromatic heterocycles. The first-order valence-corrected chi connectivity index (χ1v) is 18.5. The van der Waals surface area contributed by atoms with Gasteiger partial charge in [-0.25, -0.2) is 9.48 Å². The number of aryl methyl sites for hydroxylation is 2. The van der Waals surface area contributed by atoms with Crippen molar-refractivity contribution >= 4 is 45.6 Å². The molecule has 0 radical (unpaired) electrons. The van der Waals surface area contributed by atoms with E-state index in [0.717, 1.165) is 47.8 Å². The van der Waals surface area contributed by atoms with E-state index in [9.17, 15) is 14.7 Å². The standard InChI is InChI=1S/C38H40ClN9O5/c1-22-17-29(43-53-22)38(21-47(37(50)51)18-23-9-5-4-6-10-23)26-14-15-46(20-27(26)38)36-40-34-31(35(49)45(36)3)33(42-48(34)30-11-7-8-16-52-30)24-12-13-28-25(32(24)39)19-44(2)41-28/h4-6,9-10,12-13,17,19,26-27,30H,7-8,11,14-16,18,20-21H2,1-3H3,(H,50,51). The minimum Gasteiger partial charge on any atom is -0.465 e. The molecule has 274 valence electrons. The lowest BCUT2D eigenvalue weighted by Crippen LogP contribution is -2.39. The first kappa shape index (κ1) is 33.6. The summed E-state index contributed by atoms with van der Waals surface area (Å²) in [6.07, 6.45) is 3.93. The zero-order valence-electron chi connectivity index (χ0n) is 29.8. The first-order chi connectivity index (χ1) is 25.6. The fourth-order valence-corrected chi connectivity index (χ4v) is 9.16. The predicted molar refractivity (Wildman–Crippen MR) is 198 cm³/mol. The Morgan fingerprint density at radius 3 is 2.66 bits per heavy atom. The van der Waals surface area contributed by atoms with Gasteiger partial charge in [-0.05, 0) is 62.1 Å². The highest BCUT2D eigenvalue weighted by Gasteiger charge is 2.69. The molecule has 53 heavy (non-hydrogen) atoms. The summed E-state index contributed by atoms with van der Waals surface area (Å²) in [4.78, 5) is 36.1. The average Bonchev–Trinajstić information content (AvgIpc) is 3.53. The summed E-state index contributed by atoms with van der Waals surface area (Å²) in [5.41, 5.74) is 3.18. The van der Waals surface area contributed by atoms with Crippen molar-refractivity contribution in [2.24, 2.45) is 25.9 Å². The third-order valence-corrected chi connectivity index (χ3v) is 11.9. The van der Waals surface area contributed by atoms with Crippen molar-refractivity contribution in [1.29, 1.82) is 0 Å². The number of nitrogens with zero attached hydrogens (tertiary/aromatic N) is 9. The van der Waals surface area contributed by atoms with Gasteiger partial charge in [-0.2, -0.15) is 15.2 Å². The molecule has 1 saturated carbocycles. The molecule has 0 bridgehead atoms. The van der Waals surface area contributed by atoms with Gasteiger partial charge in [-0.15, -0.1) is 0 Å². The van der Waals surface area contributed by atoms with Gasteiger partial charge in [-0.1, -0.05) is 47.1 Å². The highest BCUT2D eigenvalue weighted by Crippen LogP contribution is 2.64. The van der Waals surface area contributed by atoms with Crippen molar-refractivity contribution in [1.82, 2.24) is 39.2 Å². The molecule has 9 rings (SSSR count). The maximum atomic E-state index is 14.5. The summed E-state index contributed by atoms with van der Waals surface area (Å²) < 4.78 is 16.8. The summed E-state index contributed by atoms with van der Waals surface area (Å²) in [5, 5.41) is 26.0. The van der Waals surface area contributed by atoms with Crippen molar-refractivity contribution in [3.8, 4) is 11.3 Å². The Labute approximate surface area is 309 Å². The number of hydrogen-bond donors (Lipinski definition) is 1. The van der Waals surface area contributed by atoms with E-state index >= 15 is 0 Å². The Balaban J connectivity index is 1.11. The van der Waals surface area contributed by atoms with Gasteiger partial charge < -0.3 is 24.2 Å². The molecule has 1 N–H and O–H groups in total. The molecule has 2 aliphatic heterocycles. The summed E-state index contributed by atoms with van der Waals surface area (Å²) in [5.74, 6) is 1.43. The lowest BCUT2D eigenvalue weighted by molar-refractivity contribution is -0.0368. The quantitative estimate of drug-likeness (QED) is 0.200. The van der Waals surface area contributed by atoms with Gasteiger partial charge in [0.05, 0.1) is 16.2 Å². The van der Waals surface area contributed by atoms with E-state index in [4.69, 9.17) is 30.9 Å². The number of halogens is 1. The molecule has 14 nitrogen and oxygen atoms in total. The molecule has 0 spiro atoms. The molecule has 1 amide bonds. The fraction of sp³-hybridized carbons (Fsp3) is 0.421. The third-order valence-electron chi connectivity index (χ3n) is 11.5. The molecule has 4 unspecified atom stereocenters. The van der Waals surface area contributed by atoms with Crippen LogP contribution in [-0.4, -0.2) is 76.6 Å². The summed E-state index contributed by atoms with van der Waals surface area (Å²) in [6, 6.07) is 15.3. The first-order valence-electron chi connectivity index (χ1n) is 18.1. The molecule has 6 aromatic rings. The molecule has 2 saturated heterocycles. The highest BCUT2D eigenvalue weighted by atomic mass is 35.5. The zero-order chi connectivity index (χ0) is 36.6. The summed E-state index contributed by atoms with van der Waals surface area (Å²) >= 11 is 7.01.